The van der Waals surface area contributed by atoms with E-state index < -0.39 is 21.7 Å². The van der Waals surface area contributed by atoms with Crippen molar-refractivity contribution in [3.8, 4) is 6.07 Å². The topological polar surface area (TPSA) is 96.3 Å². The molecule has 6 nitrogen and oxygen atoms in total. The van der Waals surface area contributed by atoms with E-state index in [-0.39, 0.29) is 17.3 Å². The molecule has 0 aliphatic carbocycles. The number of hydrogen-bond acceptors (Lipinski definition) is 5. The largest absolute Gasteiger partial charge is 0.465 e. The average Bonchev–Trinajstić information content (AvgIpc) is 2.31. The Balaban J connectivity index is 2.84. The zero-order valence-electron chi connectivity index (χ0n) is 10.0. The molecule has 0 fully saturated rings. The third-order valence-electron chi connectivity index (χ3n) is 1.98. The Bertz CT molecular complexity index is 622. The highest BCUT2D eigenvalue weighted by atomic mass is 35.5. The number of sulfonamides is 1. The molecule has 0 aromatic heterocycles. The predicted octanol–water partition coefficient (Wildman–Crippen LogP) is 1.52. The van der Waals surface area contributed by atoms with Crippen LogP contribution in [0.1, 0.15) is 12.5 Å². The van der Waals surface area contributed by atoms with E-state index >= 15 is 0 Å². The van der Waals surface area contributed by atoms with Gasteiger partial charge in [0.05, 0.1) is 28.9 Å². The first-order chi connectivity index (χ1) is 8.88. The smallest absolute Gasteiger partial charge is 0.323 e. The van der Waals surface area contributed by atoms with Gasteiger partial charge in [0, 0.05) is 0 Å². The normalized spacial score (nSPS) is 10.6. The molecule has 8 heteroatoms. The third kappa shape index (κ3) is 4.77. The van der Waals surface area contributed by atoms with Crippen molar-refractivity contribution in [1.29, 1.82) is 5.26 Å². The molecule has 0 saturated heterocycles. The van der Waals surface area contributed by atoms with Crippen LogP contribution in [0.2, 0.25) is 5.02 Å². The molecule has 1 N–H and O–H groups in total. The van der Waals surface area contributed by atoms with Crippen molar-refractivity contribution in [3.05, 3.63) is 28.8 Å². The number of nitrogens with one attached hydrogen (secondary N) is 1. The molecule has 0 unspecified atom stereocenters. The molecular formula is C11H11ClN2O4S. The Kier molecular flexibility index (Phi) is 5.15. The minimum absolute atomic E-state index is 0.0754. The number of anilines is 1. The van der Waals surface area contributed by atoms with Gasteiger partial charge in [-0.1, -0.05) is 11.6 Å². The Hall–Kier alpha value is -1.78. The van der Waals surface area contributed by atoms with Crippen LogP contribution in [-0.2, 0) is 19.6 Å². The summed E-state index contributed by atoms with van der Waals surface area (Å²) >= 11 is 5.82. The molecule has 0 spiro atoms. The number of hydrogen-bond donors (Lipinski definition) is 1. The lowest BCUT2D eigenvalue weighted by atomic mass is 10.2. The maximum atomic E-state index is 11.7. The molecule has 0 aliphatic heterocycles. The maximum Gasteiger partial charge on any atom is 0.323 e. The molecule has 1 aromatic carbocycles. The monoisotopic (exact) mass is 302 g/mol. The van der Waals surface area contributed by atoms with E-state index in [1.807, 2.05) is 6.07 Å². The number of esters is 1. The van der Waals surface area contributed by atoms with E-state index in [4.69, 9.17) is 16.9 Å². The molecule has 0 saturated carbocycles. The summed E-state index contributed by atoms with van der Waals surface area (Å²) < 4.78 is 30.0. The standard InChI is InChI=1S/C11H11ClN2O4S/c1-2-18-11(15)7-19(16,17)14-10-4-3-8(6-13)5-9(10)12/h3-5,14H,2,7H2,1H3. The zero-order valence-corrected chi connectivity index (χ0v) is 11.6. The fourth-order valence-corrected chi connectivity index (χ4v) is 2.49. The van der Waals surface area contributed by atoms with Gasteiger partial charge in [-0.3, -0.25) is 9.52 Å². The van der Waals surface area contributed by atoms with E-state index in [2.05, 4.69) is 9.46 Å². The number of ether oxygens (including phenoxy) is 1. The summed E-state index contributed by atoms with van der Waals surface area (Å²) in [6, 6.07) is 5.96. The second-order valence-electron chi connectivity index (χ2n) is 3.47. The van der Waals surface area contributed by atoms with Crippen molar-refractivity contribution in [1.82, 2.24) is 0 Å². The van der Waals surface area contributed by atoms with Crippen LogP contribution in [0.5, 0.6) is 0 Å². The van der Waals surface area contributed by atoms with Crippen LogP contribution in [0.25, 0.3) is 0 Å². The summed E-state index contributed by atoms with van der Waals surface area (Å²) in [5.74, 6) is -1.64. The van der Waals surface area contributed by atoms with Crippen molar-refractivity contribution >= 4 is 33.3 Å². The number of nitriles is 1. The fourth-order valence-electron chi connectivity index (χ4n) is 1.23. The molecule has 1 rings (SSSR count). The van der Waals surface area contributed by atoms with Crippen LogP contribution in [0.3, 0.4) is 0 Å². The first kappa shape index (κ1) is 15.3. The van der Waals surface area contributed by atoms with Crippen LogP contribution in [0, 0.1) is 11.3 Å². The highest BCUT2D eigenvalue weighted by molar-refractivity contribution is 7.93. The summed E-state index contributed by atoms with van der Waals surface area (Å²) in [5.41, 5.74) is 0.406. The van der Waals surface area contributed by atoms with E-state index in [0.717, 1.165) is 0 Å². The molecule has 1 aromatic rings. The summed E-state index contributed by atoms with van der Waals surface area (Å²) in [4.78, 5) is 11.1. The average molecular weight is 303 g/mol. The van der Waals surface area contributed by atoms with Gasteiger partial charge in [-0.25, -0.2) is 8.42 Å². The van der Waals surface area contributed by atoms with Gasteiger partial charge in [-0.15, -0.1) is 0 Å². The van der Waals surface area contributed by atoms with Crippen molar-refractivity contribution in [2.24, 2.45) is 0 Å². The lowest BCUT2D eigenvalue weighted by molar-refractivity contribution is -0.139. The Morgan fingerprint density at radius 3 is 2.74 bits per heavy atom. The minimum atomic E-state index is -3.89. The van der Waals surface area contributed by atoms with Gasteiger partial charge in [-0.05, 0) is 25.1 Å². The molecule has 19 heavy (non-hydrogen) atoms. The quantitative estimate of drug-likeness (QED) is 0.832. The third-order valence-corrected chi connectivity index (χ3v) is 3.44. The molecular weight excluding hydrogens is 292 g/mol. The molecule has 102 valence electrons. The van der Waals surface area contributed by atoms with Crippen LogP contribution in [0.4, 0.5) is 5.69 Å². The Morgan fingerprint density at radius 2 is 2.21 bits per heavy atom. The molecule has 0 radical (unpaired) electrons. The van der Waals surface area contributed by atoms with E-state index in [1.165, 1.54) is 18.2 Å². The number of rotatable bonds is 5. The Morgan fingerprint density at radius 1 is 1.53 bits per heavy atom. The van der Waals surface area contributed by atoms with Gasteiger partial charge < -0.3 is 4.74 Å². The SMILES string of the molecule is CCOC(=O)CS(=O)(=O)Nc1ccc(C#N)cc1Cl. The summed E-state index contributed by atoms with van der Waals surface area (Å²) in [7, 11) is -3.89. The maximum absolute atomic E-state index is 11.7. The summed E-state index contributed by atoms with van der Waals surface area (Å²) in [5, 5.41) is 8.73. The molecule has 0 bridgehead atoms. The van der Waals surface area contributed by atoms with E-state index in [9.17, 15) is 13.2 Å². The highest BCUT2D eigenvalue weighted by Crippen LogP contribution is 2.23. The predicted molar refractivity (Wildman–Crippen MR) is 70.2 cm³/mol. The number of carbonyl (C=O) groups is 1. The molecule has 0 heterocycles. The van der Waals surface area contributed by atoms with Crippen molar-refractivity contribution in [2.45, 2.75) is 6.92 Å². The highest BCUT2D eigenvalue weighted by Gasteiger charge is 2.18. The molecule has 0 atom stereocenters. The Labute approximate surface area is 116 Å². The zero-order chi connectivity index (χ0) is 14.5. The van der Waals surface area contributed by atoms with Gasteiger partial charge in [-0.2, -0.15) is 5.26 Å². The number of halogens is 1. The molecule has 0 amide bonds. The van der Waals surface area contributed by atoms with Crippen LogP contribution < -0.4 is 4.72 Å². The molecule has 0 aliphatic rings. The van der Waals surface area contributed by atoms with Crippen LogP contribution in [0.15, 0.2) is 18.2 Å². The van der Waals surface area contributed by atoms with Crippen molar-refractivity contribution in [2.75, 3.05) is 17.1 Å². The van der Waals surface area contributed by atoms with E-state index in [0.29, 0.717) is 5.56 Å². The van der Waals surface area contributed by atoms with Gasteiger partial charge in [0.25, 0.3) is 0 Å². The number of benzene rings is 1. The lowest BCUT2D eigenvalue weighted by Crippen LogP contribution is -2.24. The summed E-state index contributed by atoms with van der Waals surface area (Å²) in [6.45, 7) is 1.68. The fraction of sp³-hybridized carbons (Fsp3) is 0.273. The van der Waals surface area contributed by atoms with Crippen LogP contribution in [-0.4, -0.2) is 26.7 Å². The van der Waals surface area contributed by atoms with Crippen LogP contribution >= 0.6 is 11.6 Å². The van der Waals surface area contributed by atoms with Gasteiger partial charge in [0.1, 0.15) is 0 Å². The number of carbonyl (C=O) groups excluding carboxylic acids is 1. The van der Waals surface area contributed by atoms with Gasteiger partial charge in [0.15, 0.2) is 5.75 Å². The van der Waals surface area contributed by atoms with Crippen molar-refractivity contribution < 1.29 is 17.9 Å². The van der Waals surface area contributed by atoms with Gasteiger partial charge in [0.2, 0.25) is 10.0 Å². The number of nitrogens with zero attached hydrogens (tertiary/aromatic N) is 1. The van der Waals surface area contributed by atoms with E-state index in [1.54, 1.807) is 6.92 Å². The minimum Gasteiger partial charge on any atom is -0.465 e. The first-order valence-corrected chi connectivity index (χ1v) is 7.26. The van der Waals surface area contributed by atoms with Crippen molar-refractivity contribution in [3.63, 3.8) is 0 Å². The lowest BCUT2D eigenvalue weighted by Gasteiger charge is -2.09. The summed E-state index contributed by atoms with van der Waals surface area (Å²) in [6.07, 6.45) is 0. The second-order valence-corrected chi connectivity index (χ2v) is 5.60. The van der Waals surface area contributed by atoms with Gasteiger partial charge >= 0.3 is 5.97 Å². The second kappa shape index (κ2) is 6.41. The first-order valence-electron chi connectivity index (χ1n) is 5.23.